The van der Waals surface area contributed by atoms with Gasteiger partial charge in [-0.2, -0.15) is 0 Å². The quantitative estimate of drug-likeness (QED) is 0.237. The Morgan fingerprint density at radius 2 is 1.84 bits per heavy atom. The number of fused-ring (bicyclic) bond motifs is 5. The van der Waals surface area contributed by atoms with E-state index in [9.17, 15) is 20.0 Å². The van der Waals surface area contributed by atoms with Crippen LogP contribution < -0.4 is 4.74 Å². The van der Waals surface area contributed by atoms with E-state index in [2.05, 4.69) is 13.0 Å². The molecule has 3 aromatic rings. The van der Waals surface area contributed by atoms with Crippen molar-refractivity contribution in [1.82, 2.24) is 0 Å². The summed E-state index contributed by atoms with van der Waals surface area (Å²) in [5.74, 6) is 2.19. The number of benzene rings is 3. The van der Waals surface area contributed by atoms with E-state index in [1.807, 2.05) is 18.2 Å². The fraction of sp³-hybridized carbons (Fsp3) is 0.387. The molecule has 3 aromatic carbocycles. The smallest absolute Gasteiger partial charge is 0.273 e. The molecule has 0 amide bonds. The maximum atomic E-state index is 13.2. The largest absolute Gasteiger partial charge is 0.456 e. The predicted octanol–water partition coefficient (Wildman–Crippen LogP) is 6.84. The average Bonchev–Trinajstić information content (AvgIpc) is 3.22. The molecule has 1 N–H and O–H groups in total. The van der Waals surface area contributed by atoms with Gasteiger partial charge in [0, 0.05) is 11.6 Å². The molecule has 0 heterocycles. The summed E-state index contributed by atoms with van der Waals surface area (Å²) in [4.78, 5) is 24.2. The molecule has 0 spiro atoms. The molecule has 6 nitrogen and oxygen atoms in total. The van der Waals surface area contributed by atoms with Crippen molar-refractivity contribution < 1.29 is 19.6 Å². The standard InChI is InChI=1S/C31H31NO5/c1-31-16-15-24-23-12-9-22(17-20(23)7-10-25(24)27(31)13-14-29(31)33)37-28-18-21(32(35)36)8-11-26(28)30(34)19-5-3-2-4-6-19/h2-6,8-9,11-12,17-18,24-25,27,29,33H,7,10,13-16H2,1H3. The Morgan fingerprint density at radius 1 is 1.03 bits per heavy atom. The van der Waals surface area contributed by atoms with Gasteiger partial charge in [0.05, 0.1) is 22.7 Å². The number of nitro groups is 1. The Balaban J connectivity index is 1.30. The highest BCUT2D eigenvalue weighted by molar-refractivity contribution is 6.10. The van der Waals surface area contributed by atoms with E-state index in [0.717, 1.165) is 38.5 Å². The van der Waals surface area contributed by atoms with E-state index < -0.39 is 4.92 Å². The molecular weight excluding hydrogens is 466 g/mol. The van der Waals surface area contributed by atoms with Crippen LogP contribution in [-0.4, -0.2) is 21.9 Å². The number of carbonyl (C=O) groups is 1. The lowest BCUT2D eigenvalue weighted by Crippen LogP contribution is -2.43. The fourth-order valence-electron chi connectivity index (χ4n) is 7.36. The Hall–Kier alpha value is -3.51. The van der Waals surface area contributed by atoms with Gasteiger partial charge in [0.1, 0.15) is 11.5 Å². The van der Waals surface area contributed by atoms with Crippen LogP contribution in [0.5, 0.6) is 11.5 Å². The van der Waals surface area contributed by atoms with Crippen molar-refractivity contribution in [3.63, 3.8) is 0 Å². The van der Waals surface area contributed by atoms with Gasteiger partial charge in [0.2, 0.25) is 0 Å². The molecule has 6 rings (SSSR count). The number of ketones is 1. The van der Waals surface area contributed by atoms with Gasteiger partial charge in [-0.15, -0.1) is 0 Å². The summed E-state index contributed by atoms with van der Waals surface area (Å²) in [6.45, 7) is 2.28. The Morgan fingerprint density at radius 3 is 2.62 bits per heavy atom. The summed E-state index contributed by atoms with van der Waals surface area (Å²) >= 11 is 0. The summed E-state index contributed by atoms with van der Waals surface area (Å²) in [7, 11) is 0. The number of aliphatic hydroxyl groups is 1. The summed E-state index contributed by atoms with van der Waals surface area (Å²) in [6, 6.07) is 19.1. The number of ether oxygens (including phenoxy) is 1. The third kappa shape index (κ3) is 4.04. The second-order valence-electron chi connectivity index (χ2n) is 11.1. The molecule has 2 fully saturated rings. The Labute approximate surface area is 216 Å². The first-order chi connectivity index (χ1) is 17.8. The van der Waals surface area contributed by atoms with Gasteiger partial charge in [0.25, 0.3) is 5.69 Å². The number of aryl methyl sites for hydroxylation is 1. The van der Waals surface area contributed by atoms with E-state index in [1.165, 1.54) is 29.3 Å². The maximum absolute atomic E-state index is 13.2. The number of hydrogen-bond donors (Lipinski definition) is 1. The van der Waals surface area contributed by atoms with E-state index in [0.29, 0.717) is 34.6 Å². The van der Waals surface area contributed by atoms with Crippen LogP contribution in [0.2, 0.25) is 0 Å². The molecular formula is C31H31NO5. The molecule has 0 aliphatic heterocycles. The maximum Gasteiger partial charge on any atom is 0.273 e. The minimum Gasteiger partial charge on any atom is -0.456 e. The fourth-order valence-corrected chi connectivity index (χ4v) is 7.36. The second-order valence-corrected chi connectivity index (χ2v) is 11.1. The number of rotatable bonds is 5. The molecule has 0 aromatic heterocycles. The van der Waals surface area contributed by atoms with E-state index in [-0.39, 0.29) is 28.7 Å². The second kappa shape index (κ2) is 9.10. The zero-order chi connectivity index (χ0) is 25.7. The van der Waals surface area contributed by atoms with E-state index >= 15 is 0 Å². The van der Waals surface area contributed by atoms with Crippen molar-refractivity contribution in [1.29, 1.82) is 0 Å². The van der Waals surface area contributed by atoms with Crippen molar-refractivity contribution in [2.45, 2.75) is 57.5 Å². The van der Waals surface area contributed by atoms with Crippen molar-refractivity contribution in [2.75, 3.05) is 0 Å². The number of nitro benzene ring substituents is 1. The van der Waals surface area contributed by atoms with E-state index in [1.54, 1.807) is 24.3 Å². The van der Waals surface area contributed by atoms with Gasteiger partial charge in [-0.1, -0.05) is 43.3 Å². The molecule has 3 aliphatic rings. The lowest BCUT2D eigenvalue weighted by Gasteiger charge is -2.50. The van der Waals surface area contributed by atoms with Crippen LogP contribution in [0.3, 0.4) is 0 Å². The molecule has 6 heteroatoms. The van der Waals surface area contributed by atoms with Crippen LogP contribution in [0, 0.1) is 27.4 Å². The molecule has 3 aliphatic carbocycles. The lowest BCUT2D eigenvalue weighted by atomic mass is 9.55. The van der Waals surface area contributed by atoms with Gasteiger partial charge >= 0.3 is 0 Å². The SMILES string of the molecule is CC12CCC3c4ccc(Oc5cc([N+](=O)[O-])ccc5C(=O)c5ccccc5)cc4CCC3C1CCC2O. The number of hydrogen-bond acceptors (Lipinski definition) is 5. The molecule has 5 unspecified atom stereocenters. The summed E-state index contributed by atoms with van der Waals surface area (Å²) in [5.41, 5.74) is 3.34. The molecule has 0 bridgehead atoms. The molecule has 5 atom stereocenters. The first-order valence-electron chi connectivity index (χ1n) is 13.2. The highest BCUT2D eigenvalue weighted by Crippen LogP contribution is 2.61. The van der Waals surface area contributed by atoms with Crippen LogP contribution in [0.1, 0.15) is 72.0 Å². The monoisotopic (exact) mass is 497 g/mol. The van der Waals surface area contributed by atoms with Crippen molar-refractivity contribution in [3.05, 3.63) is 99.1 Å². The molecule has 37 heavy (non-hydrogen) atoms. The minimum absolute atomic E-state index is 0.0471. The molecule has 0 radical (unpaired) electrons. The van der Waals surface area contributed by atoms with Crippen LogP contribution in [0.4, 0.5) is 5.69 Å². The lowest BCUT2D eigenvalue weighted by molar-refractivity contribution is -0.384. The third-order valence-electron chi connectivity index (χ3n) is 9.33. The highest BCUT2D eigenvalue weighted by Gasteiger charge is 2.54. The Bertz CT molecular complexity index is 1370. The summed E-state index contributed by atoms with van der Waals surface area (Å²) in [6.07, 6.45) is 6.03. The van der Waals surface area contributed by atoms with Gasteiger partial charge < -0.3 is 9.84 Å². The van der Waals surface area contributed by atoms with Crippen LogP contribution in [0.15, 0.2) is 66.7 Å². The van der Waals surface area contributed by atoms with Gasteiger partial charge in [0.15, 0.2) is 5.78 Å². The zero-order valence-corrected chi connectivity index (χ0v) is 20.9. The number of carbonyl (C=O) groups excluding carboxylic acids is 1. The summed E-state index contributed by atoms with van der Waals surface area (Å²) < 4.78 is 6.19. The molecule has 0 saturated heterocycles. The third-order valence-corrected chi connectivity index (χ3v) is 9.33. The zero-order valence-electron chi connectivity index (χ0n) is 20.9. The Kier molecular flexibility index (Phi) is 5.87. The molecule has 190 valence electrons. The normalized spacial score (nSPS) is 28.1. The number of non-ortho nitro benzene ring substituents is 1. The van der Waals surface area contributed by atoms with Gasteiger partial charge in [-0.05, 0) is 91.0 Å². The number of nitrogens with zero attached hydrogens (tertiary/aromatic N) is 1. The minimum atomic E-state index is -0.479. The van der Waals surface area contributed by atoms with Crippen molar-refractivity contribution in [2.24, 2.45) is 17.3 Å². The predicted molar refractivity (Wildman–Crippen MR) is 140 cm³/mol. The van der Waals surface area contributed by atoms with Crippen molar-refractivity contribution >= 4 is 11.5 Å². The first-order valence-corrected chi connectivity index (χ1v) is 13.2. The summed E-state index contributed by atoms with van der Waals surface area (Å²) in [5, 5.41) is 22.1. The van der Waals surface area contributed by atoms with Crippen LogP contribution >= 0.6 is 0 Å². The molecule has 2 saturated carbocycles. The van der Waals surface area contributed by atoms with Gasteiger partial charge in [-0.3, -0.25) is 14.9 Å². The topological polar surface area (TPSA) is 89.7 Å². The van der Waals surface area contributed by atoms with Crippen molar-refractivity contribution in [3.8, 4) is 11.5 Å². The first kappa shape index (κ1) is 23.9. The van der Waals surface area contributed by atoms with Gasteiger partial charge in [-0.25, -0.2) is 0 Å². The van der Waals surface area contributed by atoms with Crippen LogP contribution in [0.25, 0.3) is 0 Å². The average molecular weight is 498 g/mol. The van der Waals surface area contributed by atoms with E-state index in [4.69, 9.17) is 4.74 Å². The highest BCUT2D eigenvalue weighted by atomic mass is 16.6. The van der Waals surface area contributed by atoms with Crippen LogP contribution in [-0.2, 0) is 6.42 Å². The number of aliphatic hydroxyl groups excluding tert-OH is 1.